The number of phosphoric ester groups is 1. The summed E-state index contributed by atoms with van der Waals surface area (Å²) in [5.41, 5.74) is 5.34. The van der Waals surface area contributed by atoms with Crippen LogP contribution in [0.5, 0.6) is 0 Å². The standard InChI is InChI=1S/C37H70NO7P/c1-3-5-7-9-11-13-15-16-17-18-19-21-23-25-27-29-32-42-34-36(35-44-46(40,41)43-33-31-38)45-37(39)30-28-26-24-22-20-14-12-10-8-6-4-2/h10,12-13,15,29,32,36H,3-9,11,14,16-28,30-31,33-35,38H2,1-2H3,(H,40,41). The van der Waals surface area contributed by atoms with Crippen LogP contribution in [0.25, 0.3) is 0 Å². The molecule has 0 rings (SSSR count). The molecule has 0 heterocycles. The van der Waals surface area contributed by atoms with Gasteiger partial charge in [0.25, 0.3) is 0 Å². The van der Waals surface area contributed by atoms with Crippen molar-refractivity contribution in [2.75, 3.05) is 26.4 Å². The number of unbranched alkanes of at least 4 members (excludes halogenated alkanes) is 18. The molecule has 0 amide bonds. The van der Waals surface area contributed by atoms with Crippen LogP contribution < -0.4 is 5.73 Å². The molecule has 9 heteroatoms. The van der Waals surface area contributed by atoms with Gasteiger partial charge in [-0.3, -0.25) is 13.8 Å². The predicted molar refractivity (Wildman–Crippen MR) is 192 cm³/mol. The fourth-order valence-electron chi connectivity index (χ4n) is 4.82. The Kier molecular flexibility index (Phi) is 33.8. The first kappa shape index (κ1) is 44.6. The number of carbonyl (C=O) groups excluding carboxylic acids is 1. The predicted octanol–water partition coefficient (Wildman–Crippen LogP) is 10.6. The second-order valence-corrected chi connectivity index (χ2v) is 13.6. The second-order valence-electron chi connectivity index (χ2n) is 12.1. The Balaban J connectivity index is 4.16. The van der Waals surface area contributed by atoms with Gasteiger partial charge in [0.1, 0.15) is 6.61 Å². The highest BCUT2D eigenvalue weighted by Gasteiger charge is 2.25. The average molecular weight is 672 g/mol. The Morgan fingerprint density at radius 2 is 1.13 bits per heavy atom. The van der Waals surface area contributed by atoms with Crippen molar-refractivity contribution in [2.24, 2.45) is 5.73 Å². The first-order chi connectivity index (χ1) is 22.4. The van der Waals surface area contributed by atoms with E-state index in [0.717, 1.165) is 44.9 Å². The zero-order valence-electron chi connectivity index (χ0n) is 29.6. The van der Waals surface area contributed by atoms with Crippen LogP contribution in [-0.2, 0) is 27.9 Å². The van der Waals surface area contributed by atoms with Gasteiger partial charge in [0.2, 0.25) is 0 Å². The van der Waals surface area contributed by atoms with Crippen LogP contribution in [0.1, 0.15) is 162 Å². The number of rotatable bonds is 35. The normalized spacial score (nSPS) is 14.0. The largest absolute Gasteiger partial charge is 0.498 e. The molecule has 0 aromatic carbocycles. The lowest BCUT2D eigenvalue weighted by molar-refractivity contribution is -0.153. The Labute approximate surface area is 282 Å². The zero-order valence-corrected chi connectivity index (χ0v) is 30.4. The fraction of sp³-hybridized carbons (Fsp3) is 0.811. The van der Waals surface area contributed by atoms with E-state index >= 15 is 0 Å². The van der Waals surface area contributed by atoms with Crippen molar-refractivity contribution < 1.29 is 32.8 Å². The van der Waals surface area contributed by atoms with Crippen molar-refractivity contribution in [3.05, 3.63) is 36.6 Å². The molecular weight excluding hydrogens is 601 g/mol. The lowest BCUT2D eigenvalue weighted by atomic mass is 10.1. The number of hydrogen-bond donors (Lipinski definition) is 2. The Bertz CT molecular complexity index is 803. The van der Waals surface area contributed by atoms with E-state index < -0.39 is 13.9 Å². The van der Waals surface area contributed by atoms with E-state index in [0.29, 0.717) is 6.42 Å². The van der Waals surface area contributed by atoms with E-state index in [4.69, 9.17) is 24.3 Å². The molecule has 0 aliphatic carbocycles. The van der Waals surface area contributed by atoms with Gasteiger partial charge in [0.15, 0.2) is 6.10 Å². The third-order valence-corrected chi connectivity index (χ3v) is 8.58. The molecule has 0 aromatic heterocycles. The van der Waals surface area contributed by atoms with Crippen LogP contribution in [0.3, 0.4) is 0 Å². The molecule has 0 aliphatic heterocycles. The van der Waals surface area contributed by atoms with Crippen LogP contribution in [0.15, 0.2) is 36.6 Å². The highest BCUT2D eigenvalue weighted by molar-refractivity contribution is 7.47. The summed E-state index contributed by atoms with van der Waals surface area (Å²) in [6.45, 7) is 4.16. The van der Waals surface area contributed by atoms with Gasteiger partial charge < -0.3 is 20.1 Å². The van der Waals surface area contributed by atoms with E-state index in [9.17, 15) is 14.3 Å². The van der Waals surface area contributed by atoms with Gasteiger partial charge in [-0.2, -0.15) is 0 Å². The monoisotopic (exact) mass is 671 g/mol. The average Bonchev–Trinajstić information content (AvgIpc) is 3.04. The van der Waals surface area contributed by atoms with E-state index in [-0.39, 0.29) is 32.3 Å². The van der Waals surface area contributed by atoms with Crippen LogP contribution >= 0.6 is 7.82 Å². The maximum Gasteiger partial charge on any atom is 0.472 e. The van der Waals surface area contributed by atoms with Gasteiger partial charge >= 0.3 is 13.8 Å². The SMILES string of the molecule is CCCCC=CCCCCCCCC(=O)OC(COC=CCCCCCCCCC=CCCCCCC)COP(=O)(O)OCCN. The number of esters is 1. The van der Waals surface area contributed by atoms with Crippen molar-refractivity contribution in [1.82, 2.24) is 0 Å². The molecule has 3 N–H and O–H groups in total. The third-order valence-electron chi connectivity index (χ3n) is 7.59. The summed E-state index contributed by atoms with van der Waals surface area (Å²) in [4.78, 5) is 22.3. The second kappa shape index (κ2) is 34.9. The van der Waals surface area contributed by atoms with Crippen molar-refractivity contribution in [1.29, 1.82) is 0 Å². The Morgan fingerprint density at radius 3 is 1.67 bits per heavy atom. The third kappa shape index (κ3) is 33.9. The quantitative estimate of drug-likeness (QED) is 0.0225. The molecular formula is C37H70NO7P. The summed E-state index contributed by atoms with van der Waals surface area (Å²) in [6, 6.07) is 0. The number of phosphoric acid groups is 1. The molecule has 0 radical (unpaired) electrons. The Hall–Kier alpha value is -1.44. The van der Waals surface area contributed by atoms with Crippen molar-refractivity contribution in [3.63, 3.8) is 0 Å². The van der Waals surface area contributed by atoms with Crippen molar-refractivity contribution >= 4 is 13.8 Å². The maximum atomic E-state index is 12.5. The topological polar surface area (TPSA) is 117 Å². The number of hydrogen-bond acceptors (Lipinski definition) is 7. The van der Waals surface area contributed by atoms with Gasteiger partial charge in [-0.15, -0.1) is 0 Å². The van der Waals surface area contributed by atoms with Gasteiger partial charge in [0.05, 0.1) is 19.5 Å². The minimum absolute atomic E-state index is 0.0259. The molecule has 8 nitrogen and oxygen atoms in total. The molecule has 270 valence electrons. The van der Waals surface area contributed by atoms with Gasteiger partial charge in [-0.1, -0.05) is 115 Å². The van der Waals surface area contributed by atoms with E-state index in [1.807, 2.05) is 6.08 Å². The minimum atomic E-state index is -4.29. The molecule has 0 aliphatic rings. The van der Waals surface area contributed by atoms with Crippen molar-refractivity contribution in [2.45, 2.75) is 168 Å². The molecule has 0 fully saturated rings. The van der Waals surface area contributed by atoms with E-state index in [2.05, 4.69) is 38.2 Å². The minimum Gasteiger partial charge on any atom is -0.498 e. The first-order valence-electron chi connectivity index (χ1n) is 18.5. The number of nitrogens with two attached hydrogens (primary N) is 1. The summed E-state index contributed by atoms with van der Waals surface area (Å²) >= 11 is 0. The smallest absolute Gasteiger partial charge is 0.472 e. The number of ether oxygens (including phenoxy) is 2. The van der Waals surface area contributed by atoms with Gasteiger partial charge in [-0.05, 0) is 70.3 Å². The summed E-state index contributed by atoms with van der Waals surface area (Å²) in [7, 11) is -4.29. The molecule has 0 spiro atoms. The number of carbonyl (C=O) groups is 1. The van der Waals surface area contributed by atoms with Crippen LogP contribution in [0.2, 0.25) is 0 Å². The summed E-state index contributed by atoms with van der Waals surface area (Å²) in [5, 5.41) is 0. The fourth-order valence-corrected chi connectivity index (χ4v) is 5.58. The maximum absolute atomic E-state index is 12.5. The summed E-state index contributed by atoms with van der Waals surface area (Å²) in [5.74, 6) is -0.367. The van der Waals surface area contributed by atoms with Gasteiger partial charge in [0, 0.05) is 13.0 Å². The highest BCUT2D eigenvalue weighted by atomic mass is 31.2. The lowest BCUT2D eigenvalue weighted by Crippen LogP contribution is -2.27. The van der Waals surface area contributed by atoms with Crippen LogP contribution in [-0.4, -0.2) is 43.3 Å². The highest BCUT2D eigenvalue weighted by Crippen LogP contribution is 2.43. The lowest BCUT2D eigenvalue weighted by Gasteiger charge is -2.19. The molecule has 2 atom stereocenters. The molecule has 0 saturated carbocycles. The van der Waals surface area contributed by atoms with Crippen LogP contribution in [0, 0.1) is 0 Å². The van der Waals surface area contributed by atoms with Crippen LogP contribution in [0.4, 0.5) is 0 Å². The van der Waals surface area contributed by atoms with Crippen molar-refractivity contribution in [3.8, 4) is 0 Å². The van der Waals surface area contributed by atoms with E-state index in [1.165, 1.54) is 96.3 Å². The summed E-state index contributed by atoms with van der Waals surface area (Å²) < 4.78 is 33.0. The Morgan fingerprint density at radius 1 is 0.652 bits per heavy atom. The summed E-state index contributed by atoms with van der Waals surface area (Å²) in [6.07, 6.45) is 38.2. The zero-order chi connectivity index (χ0) is 33.8. The molecule has 0 saturated heterocycles. The molecule has 0 bridgehead atoms. The molecule has 2 unspecified atom stereocenters. The molecule has 46 heavy (non-hydrogen) atoms. The number of allylic oxidation sites excluding steroid dienone is 5. The first-order valence-corrected chi connectivity index (χ1v) is 20.0. The molecule has 0 aromatic rings. The van der Waals surface area contributed by atoms with Gasteiger partial charge in [-0.25, -0.2) is 4.57 Å². The van der Waals surface area contributed by atoms with E-state index in [1.54, 1.807) is 6.26 Å².